The molecule has 144 valence electrons. The lowest BCUT2D eigenvalue weighted by Gasteiger charge is -2.38. The number of carbonyl (C=O) groups is 2. The lowest BCUT2D eigenvalue weighted by molar-refractivity contribution is -0.110. The van der Waals surface area contributed by atoms with Crippen molar-refractivity contribution < 1.29 is 14.4 Å². The first-order valence-corrected chi connectivity index (χ1v) is 9.38. The number of hydrogen-bond acceptors (Lipinski definition) is 5. The molecular formula is C21H22N4O3. The predicted molar refractivity (Wildman–Crippen MR) is 105 cm³/mol. The second-order valence-corrected chi connectivity index (χ2v) is 7.33. The van der Waals surface area contributed by atoms with Gasteiger partial charge >= 0.3 is 0 Å². The van der Waals surface area contributed by atoms with Crippen LogP contribution in [-0.2, 0) is 9.63 Å². The monoisotopic (exact) mass is 378 g/mol. The normalized spacial score (nSPS) is 21.2. The van der Waals surface area contributed by atoms with E-state index in [1.165, 1.54) is 0 Å². The van der Waals surface area contributed by atoms with E-state index in [9.17, 15) is 9.59 Å². The maximum atomic E-state index is 13.0. The van der Waals surface area contributed by atoms with Crippen molar-refractivity contribution in [2.75, 3.05) is 18.4 Å². The maximum absolute atomic E-state index is 13.0. The van der Waals surface area contributed by atoms with Gasteiger partial charge in [0, 0.05) is 24.7 Å². The van der Waals surface area contributed by atoms with Crippen molar-refractivity contribution in [3.8, 4) is 0 Å². The molecule has 2 amide bonds. The molecule has 1 spiro atoms. The first kappa shape index (κ1) is 18.2. The van der Waals surface area contributed by atoms with E-state index in [1.807, 2.05) is 36.1 Å². The zero-order chi connectivity index (χ0) is 19.6. The average molecular weight is 378 g/mol. The Labute approximate surface area is 163 Å². The summed E-state index contributed by atoms with van der Waals surface area (Å²) in [5.41, 5.74) is 1.98. The molecule has 1 fully saturated rings. The third kappa shape index (κ3) is 3.60. The number of aryl methyl sites for hydroxylation is 1. The zero-order valence-corrected chi connectivity index (χ0v) is 15.7. The van der Waals surface area contributed by atoms with E-state index in [4.69, 9.17) is 4.84 Å². The van der Waals surface area contributed by atoms with Gasteiger partial charge < -0.3 is 15.1 Å². The third-order valence-corrected chi connectivity index (χ3v) is 5.22. The van der Waals surface area contributed by atoms with Gasteiger partial charge in [-0.3, -0.25) is 14.6 Å². The van der Waals surface area contributed by atoms with Gasteiger partial charge in [0.05, 0.1) is 18.4 Å². The molecule has 7 nitrogen and oxygen atoms in total. The highest BCUT2D eigenvalue weighted by atomic mass is 16.7. The molecule has 4 rings (SSSR count). The number of pyridine rings is 1. The number of amides is 2. The number of nitrogens with one attached hydrogen (secondary N) is 1. The van der Waals surface area contributed by atoms with Crippen LogP contribution in [0.2, 0.25) is 0 Å². The van der Waals surface area contributed by atoms with E-state index >= 15 is 0 Å². The summed E-state index contributed by atoms with van der Waals surface area (Å²) >= 11 is 0. The Morgan fingerprint density at radius 3 is 2.86 bits per heavy atom. The Morgan fingerprint density at radius 2 is 2.07 bits per heavy atom. The van der Waals surface area contributed by atoms with Crippen LogP contribution in [0.5, 0.6) is 0 Å². The Kier molecular flexibility index (Phi) is 4.81. The van der Waals surface area contributed by atoms with Crippen molar-refractivity contribution in [2.24, 2.45) is 5.16 Å². The molecule has 1 aromatic carbocycles. The SMILES string of the molecule is Cc1ccccc1C(=O)N1CCC[C@@]2(CC(C(=O)Nc3cccnc3)=NO2)C1. The van der Waals surface area contributed by atoms with Crippen LogP contribution in [0.15, 0.2) is 53.9 Å². The highest BCUT2D eigenvalue weighted by molar-refractivity contribution is 6.43. The van der Waals surface area contributed by atoms with Gasteiger partial charge in [-0.1, -0.05) is 23.4 Å². The number of oxime groups is 1. The number of anilines is 1. The van der Waals surface area contributed by atoms with Gasteiger partial charge in [0.1, 0.15) is 5.71 Å². The first-order chi connectivity index (χ1) is 13.6. The number of piperidine rings is 1. The van der Waals surface area contributed by atoms with Gasteiger partial charge in [0.15, 0.2) is 5.60 Å². The smallest absolute Gasteiger partial charge is 0.273 e. The second-order valence-electron chi connectivity index (χ2n) is 7.33. The topological polar surface area (TPSA) is 83.9 Å². The summed E-state index contributed by atoms with van der Waals surface area (Å²) in [6, 6.07) is 11.1. The van der Waals surface area contributed by atoms with Gasteiger partial charge in [0.25, 0.3) is 11.8 Å². The summed E-state index contributed by atoms with van der Waals surface area (Å²) in [5.74, 6) is -0.304. The maximum Gasteiger partial charge on any atom is 0.273 e. The summed E-state index contributed by atoms with van der Waals surface area (Å²) in [6.07, 6.45) is 5.18. The highest BCUT2D eigenvalue weighted by Crippen LogP contribution is 2.34. The van der Waals surface area contributed by atoms with Crippen molar-refractivity contribution in [2.45, 2.75) is 31.8 Å². The van der Waals surface area contributed by atoms with E-state index in [2.05, 4.69) is 15.5 Å². The number of aromatic nitrogens is 1. The van der Waals surface area contributed by atoms with Gasteiger partial charge in [-0.05, 0) is 43.5 Å². The van der Waals surface area contributed by atoms with E-state index in [0.717, 1.165) is 18.4 Å². The predicted octanol–water partition coefficient (Wildman–Crippen LogP) is 2.78. The molecule has 28 heavy (non-hydrogen) atoms. The van der Waals surface area contributed by atoms with Crippen molar-refractivity contribution in [1.82, 2.24) is 9.88 Å². The van der Waals surface area contributed by atoms with Crippen LogP contribution >= 0.6 is 0 Å². The van der Waals surface area contributed by atoms with Gasteiger partial charge in [-0.15, -0.1) is 0 Å². The number of benzene rings is 1. The molecule has 2 aliphatic heterocycles. The Hall–Kier alpha value is -3.22. The number of carbonyl (C=O) groups excluding carboxylic acids is 2. The number of hydrogen-bond donors (Lipinski definition) is 1. The fourth-order valence-corrected chi connectivity index (χ4v) is 3.76. The first-order valence-electron chi connectivity index (χ1n) is 9.38. The molecule has 1 saturated heterocycles. The van der Waals surface area contributed by atoms with E-state index in [0.29, 0.717) is 36.5 Å². The molecule has 1 aromatic heterocycles. The second kappa shape index (κ2) is 7.42. The minimum Gasteiger partial charge on any atom is -0.386 e. The summed E-state index contributed by atoms with van der Waals surface area (Å²) in [7, 11) is 0. The van der Waals surface area contributed by atoms with Gasteiger partial charge in [-0.25, -0.2) is 0 Å². The minimum atomic E-state index is -0.627. The standard InChI is InChI=1S/C21H22N4O3/c1-15-6-2-3-8-17(15)20(27)25-11-5-9-21(14-25)12-18(24-28-21)19(26)23-16-7-4-10-22-13-16/h2-4,6-8,10,13H,5,9,11-12,14H2,1H3,(H,23,26)/t21-/m1/s1. The average Bonchev–Trinajstić information content (AvgIpc) is 3.12. The lowest BCUT2D eigenvalue weighted by atomic mass is 9.87. The number of rotatable bonds is 3. The van der Waals surface area contributed by atoms with Gasteiger partial charge in [0.2, 0.25) is 0 Å². The molecule has 0 aliphatic carbocycles. The van der Waals surface area contributed by atoms with Crippen LogP contribution in [0.4, 0.5) is 5.69 Å². The van der Waals surface area contributed by atoms with Crippen molar-refractivity contribution >= 4 is 23.2 Å². The fourth-order valence-electron chi connectivity index (χ4n) is 3.76. The highest BCUT2D eigenvalue weighted by Gasteiger charge is 2.45. The molecule has 7 heteroatoms. The molecule has 2 aromatic rings. The van der Waals surface area contributed by atoms with Crippen LogP contribution < -0.4 is 5.32 Å². The number of likely N-dealkylation sites (tertiary alicyclic amines) is 1. The summed E-state index contributed by atoms with van der Waals surface area (Å²) in [4.78, 5) is 37.0. The molecule has 1 atom stereocenters. The van der Waals surface area contributed by atoms with Crippen molar-refractivity contribution in [3.05, 3.63) is 59.9 Å². The quantitative estimate of drug-likeness (QED) is 0.890. The Balaban J connectivity index is 1.43. The van der Waals surface area contributed by atoms with Crippen LogP contribution in [0.1, 0.15) is 35.2 Å². The van der Waals surface area contributed by atoms with Gasteiger partial charge in [-0.2, -0.15) is 0 Å². The van der Waals surface area contributed by atoms with E-state index in [-0.39, 0.29) is 11.8 Å². The molecule has 3 heterocycles. The van der Waals surface area contributed by atoms with Crippen LogP contribution in [0.25, 0.3) is 0 Å². The molecular weight excluding hydrogens is 356 g/mol. The number of nitrogens with zero attached hydrogens (tertiary/aromatic N) is 3. The summed E-state index contributed by atoms with van der Waals surface area (Å²) < 4.78 is 0. The Bertz CT molecular complexity index is 928. The summed E-state index contributed by atoms with van der Waals surface area (Å²) in [6.45, 7) is 3.03. The molecule has 0 radical (unpaired) electrons. The molecule has 0 bridgehead atoms. The molecule has 0 unspecified atom stereocenters. The largest absolute Gasteiger partial charge is 0.386 e. The van der Waals surface area contributed by atoms with Crippen molar-refractivity contribution in [1.29, 1.82) is 0 Å². The van der Waals surface area contributed by atoms with Crippen LogP contribution in [-0.4, -0.2) is 46.1 Å². The van der Waals surface area contributed by atoms with Crippen LogP contribution in [0.3, 0.4) is 0 Å². The molecule has 0 saturated carbocycles. The van der Waals surface area contributed by atoms with E-state index in [1.54, 1.807) is 24.5 Å². The molecule has 2 aliphatic rings. The lowest BCUT2D eigenvalue weighted by Crippen LogP contribution is -2.51. The third-order valence-electron chi connectivity index (χ3n) is 5.22. The minimum absolute atomic E-state index is 0.00552. The molecule has 1 N–H and O–H groups in total. The van der Waals surface area contributed by atoms with Crippen molar-refractivity contribution in [3.63, 3.8) is 0 Å². The Morgan fingerprint density at radius 1 is 1.21 bits per heavy atom. The fraction of sp³-hybridized carbons (Fsp3) is 0.333. The van der Waals surface area contributed by atoms with E-state index < -0.39 is 5.60 Å². The summed E-state index contributed by atoms with van der Waals surface area (Å²) in [5, 5.41) is 6.82. The van der Waals surface area contributed by atoms with Crippen LogP contribution in [0, 0.1) is 6.92 Å². The zero-order valence-electron chi connectivity index (χ0n) is 15.7.